The van der Waals surface area contributed by atoms with E-state index in [-0.39, 0.29) is 11.8 Å². The van der Waals surface area contributed by atoms with Crippen LogP contribution in [0.5, 0.6) is 0 Å². The largest absolute Gasteiger partial charge is 0.335 e. The van der Waals surface area contributed by atoms with Gasteiger partial charge < -0.3 is 9.80 Å². The lowest BCUT2D eigenvalue weighted by Crippen LogP contribution is -2.50. The van der Waals surface area contributed by atoms with E-state index >= 15 is 0 Å². The number of pyridine rings is 1. The second kappa shape index (κ2) is 7.93. The maximum Gasteiger partial charge on any atom is 0.272 e. The highest BCUT2D eigenvalue weighted by Gasteiger charge is 2.26. The highest BCUT2D eigenvalue weighted by molar-refractivity contribution is 9.10. The van der Waals surface area contributed by atoms with E-state index < -0.39 is 0 Å². The number of H-pyrrole nitrogens is 1. The molecule has 8 heteroatoms. The Morgan fingerprint density at radius 3 is 2.29 bits per heavy atom. The first-order valence-corrected chi connectivity index (χ1v) is 9.71. The van der Waals surface area contributed by atoms with Crippen molar-refractivity contribution in [3.05, 3.63) is 70.6 Å². The molecular formula is C20H18BrN5O2. The van der Waals surface area contributed by atoms with Crippen molar-refractivity contribution in [2.45, 2.75) is 0 Å². The summed E-state index contributed by atoms with van der Waals surface area (Å²) in [6.45, 7) is 1.98. The van der Waals surface area contributed by atoms with Crippen LogP contribution >= 0.6 is 15.9 Å². The fraction of sp³-hybridized carbons (Fsp3) is 0.200. The molecule has 28 heavy (non-hydrogen) atoms. The molecule has 0 bridgehead atoms. The molecule has 0 saturated carbocycles. The number of piperazine rings is 1. The summed E-state index contributed by atoms with van der Waals surface area (Å²) in [4.78, 5) is 32.9. The van der Waals surface area contributed by atoms with Gasteiger partial charge in [0.1, 0.15) is 5.69 Å². The van der Waals surface area contributed by atoms with Gasteiger partial charge >= 0.3 is 0 Å². The molecule has 2 aromatic heterocycles. The number of nitrogens with one attached hydrogen (secondary N) is 1. The first-order valence-electron chi connectivity index (χ1n) is 8.92. The second-order valence-corrected chi connectivity index (χ2v) is 7.41. The highest BCUT2D eigenvalue weighted by atomic mass is 79.9. The Balaban J connectivity index is 1.39. The van der Waals surface area contributed by atoms with Crippen LogP contribution in [0.15, 0.2) is 59.3 Å². The number of aromatic amines is 1. The van der Waals surface area contributed by atoms with Crippen molar-refractivity contribution in [2.75, 3.05) is 26.2 Å². The van der Waals surface area contributed by atoms with Gasteiger partial charge in [0.25, 0.3) is 11.8 Å². The maximum absolute atomic E-state index is 12.8. The van der Waals surface area contributed by atoms with Gasteiger partial charge in [-0.2, -0.15) is 5.10 Å². The fourth-order valence-electron chi connectivity index (χ4n) is 3.19. The van der Waals surface area contributed by atoms with Gasteiger partial charge in [-0.25, -0.2) is 0 Å². The van der Waals surface area contributed by atoms with Crippen molar-refractivity contribution in [1.82, 2.24) is 25.0 Å². The van der Waals surface area contributed by atoms with Crippen molar-refractivity contribution in [2.24, 2.45) is 0 Å². The van der Waals surface area contributed by atoms with Gasteiger partial charge in [-0.1, -0.05) is 22.0 Å². The first-order chi connectivity index (χ1) is 13.6. The van der Waals surface area contributed by atoms with E-state index in [9.17, 15) is 9.59 Å². The van der Waals surface area contributed by atoms with Crippen molar-refractivity contribution in [3.8, 4) is 11.3 Å². The number of hydrogen-bond acceptors (Lipinski definition) is 4. The van der Waals surface area contributed by atoms with Gasteiger partial charge in [-0.3, -0.25) is 19.7 Å². The Hall–Kier alpha value is -3.00. The first kappa shape index (κ1) is 18.4. The third-order valence-corrected chi connectivity index (χ3v) is 5.20. The SMILES string of the molecule is O=C(c1cccc(Br)c1)N1CCN(C(=O)c2cc(-c3ccncc3)n[nH]2)CC1. The summed E-state index contributed by atoms with van der Waals surface area (Å²) in [5.41, 5.74) is 2.69. The lowest BCUT2D eigenvalue weighted by molar-refractivity contribution is 0.0532. The summed E-state index contributed by atoms with van der Waals surface area (Å²) in [6.07, 6.45) is 3.38. The van der Waals surface area contributed by atoms with Gasteiger partial charge in [0.05, 0.1) is 5.69 Å². The average molecular weight is 440 g/mol. The number of benzene rings is 1. The number of nitrogens with zero attached hydrogens (tertiary/aromatic N) is 4. The topological polar surface area (TPSA) is 82.2 Å². The molecule has 142 valence electrons. The summed E-state index contributed by atoms with van der Waals surface area (Å²) in [5.74, 6) is -0.128. The zero-order valence-electron chi connectivity index (χ0n) is 15.0. The molecule has 1 N–H and O–H groups in total. The van der Waals surface area contributed by atoms with E-state index in [4.69, 9.17) is 0 Å². The second-order valence-electron chi connectivity index (χ2n) is 6.50. The summed E-state index contributed by atoms with van der Waals surface area (Å²) < 4.78 is 0.872. The van der Waals surface area contributed by atoms with Crippen LogP contribution in [0.3, 0.4) is 0 Å². The van der Waals surface area contributed by atoms with E-state index in [1.165, 1.54) is 0 Å². The molecule has 1 aliphatic rings. The predicted molar refractivity (Wildman–Crippen MR) is 108 cm³/mol. The third kappa shape index (κ3) is 3.82. The third-order valence-electron chi connectivity index (χ3n) is 4.71. The number of carbonyl (C=O) groups excluding carboxylic acids is 2. The molecule has 0 radical (unpaired) electrons. The minimum Gasteiger partial charge on any atom is -0.335 e. The molecule has 0 aliphatic carbocycles. The number of hydrogen-bond donors (Lipinski definition) is 1. The number of rotatable bonds is 3. The average Bonchev–Trinajstić information content (AvgIpc) is 3.24. The van der Waals surface area contributed by atoms with Crippen LogP contribution in [-0.4, -0.2) is 63.0 Å². The van der Waals surface area contributed by atoms with Crippen LogP contribution in [0.4, 0.5) is 0 Å². The molecule has 3 aromatic rings. The lowest BCUT2D eigenvalue weighted by atomic mass is 10.1. The van der Waals surface area contributed by atoms with Gasteiger partial charge in [-0.15, -0.1) is 0 Å². The van der Waals surface area contributed by atoms with Crippen LogP contribution in [0, 0.1) is 0 Å². The predicted octanol–water partition coefficient (Wildman–Crippen LogP) is 2.83. The number of amides is 2. The van der Waals surface area contributed by atoms with Gasteiger partial charge in [0, 0.05) is 54.2 Å². The van der Waals surface area contributed by atoms with Crippen molar-refractivity contribution in [3.63, 3.8) is 0 Å². The zero-order valence-corrected chi connectivity index (χ0v) is 16.6. The van der Waals surface area contributed by atoms with Gasteiger partial charge in [-0.05, 0) is 36.4 Å². The van der Waals surface area contributed by atoms with Gasteiger partial charge in [0.2, 0.25) is 0 Å². The molecule has 7 nitrogen and oxygen atoms in total. The number of halogens is 1. The van der Waals surface area contributed by atoms with Gasteiger partial charge in [0.15, 0.2) is 0 Å². The molecular weight excluding hydrogens is 422 g/mol. The fourth-order valence-corrected chi connectivity index (χ4v) is 3.59. The zero-order chi connectivity index (χ0) is 19.5. The summed E-state index contributed by atoms with van der Waals surface area (Å²) in [6, 6.07) is 12.8. The Labute approximate surface area is 170 Å². The summed E-state index contributed by atoms with van der Waals surface area (Å²) >= 11 is 3.39. The standard InChI is InChI=1S/C20H18BrN5O2/c21-16-3-1-2-15(12-16)19(27)25-8-10-26(11-9-25)20(28)18-13-17(23-24-18)14-4-6-22-7-5-14/h1-7,12-13H,8-11H2,(H,23,24). The monoisotopic (exact) mass is 439 g/mol. The quantitative estimate of drug-likeness (QED) is 0.679. The Kier molecular flexibility index (Phi) is 5.21. The minimum atomic E-state index is -0.109. The van der Waals surface area contributed by atoms with E-state index in [0.29, 0.717) is 43.1 Å². The molecule has 1 aromatic carbocycles. The molecule has 3 heterocycles. The number of aromatic nitrogens is 3. The highest BCUT2D eigenvalue weighted by Crippen LogP contribution is 2.18. The van der Waals surface area contributed by atoms with Crippen LogP contribution in [0.2, 0.25) is 0 Å². The molecule has 4 rings (SSSR count). The van der Waals surface area contributed by atoms with Crippen LogP contribution in [-0.2, 0) is 0 Å². The van der Waals surface area contributed by atoms with Crippen LogP contribution in [0.1, 0.15) is 20.8 Å². The Morgan fingerprint density at radius 2 is 1.61 bits per heavy atom. The molecule has 1 fully saturated rings. The van der Waals surface area contributed by atoms with E-state index in [2.05, 4.69) is 31.1 Å². The van der Waals surface area contributed by atoms with Crippen molar-refractivity contribution < 1.29 is 9.59 Å². The molecule has 0 spiro atoms. The Bertz CT molecular complexity index is 997. The maximum atomic E-state index is 12.8. The molecule has 0 unspecified atom stereocenters. The Morgan fingerprint density at radius 1 is 0.929 bits per heavy atom. The van der Waals surface area contributed by atoms with Crippen molar-refractivity contribution in [1.29, 1.82) is 0 Å². The molecule has 0 atom stereocenters. The smallest absolute Gasteiger partial charge is 0.272 e. The van der Waals surface area contributed by atoms with Crippen molar-refractivity contribution >= 4 is 27.7 Å². The molecule has 2 amide bonds. The van der Waals surface area contributed by atoms with Crippen LogP contribution in [0.25, 0.3) is 11.3 Å². The van der Waals surface area contributed by atoms with E-state index in [1.54, 1.807) is 34.3 Å². The molecule has 1 aliphatic heterocycles. The van der Waals surface area contributed by atoms with Crippen LogP contribution < -0.4 is 0 Å². The lowest BCUT2D eigenvalue weighted by Gasteiger charge is -2.34. The summed E-state index contributed by atoms with van der Waals surface area (Å²) in [7, 11) is 0. The number of carbonyl (C=O) groups is 2. The normalized spacial score (nSPS) is 14.2. The minimum absolute atomic E-state index is 0.0186. The molecule has 1 saturated heterocycles. The summed E-state index contributed by atoms with van der Waals surface area (Å²) in [5, 5.41) is 7.04. The van der Waals surface area contributed by atoms with E-state index in [0.717, 1.165) is 10.0 Å². The van der Waals surface area contributed by atoms with E-state index in [1.807, 2.05) is 30.3 Å².